The first-order valence-corrected chi connectivity index (χ1v) is 11.0. The molecule has 6 nitrogen and oxygen atoms in total. The highest BCUT2D eigenvalue weighted by atomic mass is 16.5. The topological polar surface area (TPSA) is 71.5 Å². The molecule has 0 bridgehead atoms. The Balaban J connectivity index is 1.53. The average Bonchev–Trinajstić information content (AvgIpc) is 2.83. The quantitative estimate of drug-likeness (QED) is 0.403. The Bertz CT molecular complexity index is 1130. The summed E-state index contributed by atoms with van der Waals surface area (Å²) in [6.45, 7) is 4.13. The number of para-hydroxylation sites is 1. The van der Waals surface area contributed by atoms with Gasteiger partial charge in [0.2, 0.25) is 0 Å². The fourth-order valence-electron chi connectivity index (χ4n) is 3.92. The lowest BCUT2D eigenvalue weighted by Gasteiger charge is -2.30. The minimum absolute atomic E-state index is 0.123. The van der Waals surface area contributed by atoms with Crippen LogP contribution in [0.4, 0.5) is 16.2 Å². The van der Waals surface area contributed by atoms with Crippen LogP contribution in [0.15, 0.2) is 60.7 Å². The molecule has 2 aromatic carbocycles. The highest BCUT2D eigenvalue weighted by Crippen LogP contribution is 2.29. The lowest BCUT2D eigenvalue weighted by molar-refractivity contribution is 0.104. The number of carbonyl (C=O) groups is 2. The molecule has 0 aliphatic carbocycles. The number of fused-ring (bicyclic) bond motifs is 1. The van der Waals surface area contributed by atoms with Crippen LogP contribution in [-0.4, -0.2) is 36.6 Å². The lowest BCUT2D eigenvalue weighted by atomic mass is 10.1. The molecule has 32 heavy (non-hydrogen) atoms. The third-order valence-electron chi connectivity index (χ3n) is 5.51. The van der Waals surface area contributed by atoms with Gasteiger partial charge in [-0.3, -0.25) is 10.1 Å². The molecule has 4 rings (SSSR count). The first kappa shape index (κ1) is 21.6. The van der Waals surface area contributed by atoms with Crippen molar-refractivity contribution in [1.82, 2.24) is 4.98 Å². The Hall–Kier alpha value is -3.67. The molecule has 1 fully saturated rings. The molecular weight excluding hydrogens is 402 g/mol. The van der Waals surface area contributed by atoms with E-state index in [1.807, 2.05) is 18.2 Å². The predicted molar refractivity (Wildman–Crippen MR) is 128 cm³/mol. The third-order valence-corrected chi connectivity index (χ3v) is 5.51. The highest BCUT2D eigenvalue weighted by molar-refractivity contribution is 6.07. The normalized spacial score (nSPS) is 14.0. The number of nitrogens with one attached hydrogen (secondary N) is 1. The minimum atomic E-state index is -0.515. The van der Waals surface area contributed by atoms with E-state index in [0.717, 1.165) is 29.7 Å². The first-order valence-electron chi connectivity index (χ1n) is 11.0. The van der Waals surface area contributed by atoms with Crippen LogP contribution in [0.5, 0.6) is 0 Å². The standard InChI is InChI=1S/C26H27N3O3/c1-2-32-26(31)28-20-12-10-19(11-13-20)25(30)15-14-21-18-24(29-16-6-3-7-17-29)22-8-4-5-9-23(22)27-21/h4-5,8-15,18H,2-3,6-7,16-17H2,1H3,(H,28,31)/b15-14+. The number of carbonyl (C=O) groups excluding carboxylic acids is 2. The Kier molecular flexibility index (Phi) is 6.80. The van der Waals surface area contributed by atoms with Crippen LogP contribution in [0.2, 0.25) is 0 Å². The van der Waals surface area contributed by atoms with E-state index in [9.17, 15) is 9.59 Å². The largest absolute Gasteiger partial charge is 0.450 e. The molecule has 0 radical (unpaired) electrons. The molecule has 0 spiro atoms. The number of anilines is 2. The SMILES string of the molecule is CCOC(=O)Nc1ccc(C(=O)/C=C/c2cc(N3CCCCC3)c3ccccc3n2)cc1. The van der Waals surface area contributed by atoms with Gasteiger partial charge in [0.1, 0.15) is 0 Å². The molecule has 0 unspecified atom stereocenters. The number of piperidine rings is 1. The van der Waals surface area contributed by atoms with E-state index in [1.54, 1.807) is 43.3 Å². The zero-order valence-corrected chi connectivity index (χ0v) is 18.2. The molecule has 1 aromatic heterocycles. The van der Waals surface area contributed by atoms with E-state index in [2.05, 4.69) is 22.3 Å². The van der Waals surface area contributed by atoms with Crippen LogP contribution in [0.25, 0.3) is 17.0 Å². The van der Waals surface area contributed by atoms with Gasteiger partial charge in [0.05, 0.1) is 17.8 Å². The van der Waals surface area contributed by atoms with Crippen LogP contribution >= 0.6 is 0 Å². The third kappa shape index (κ3) is 5.14. The van der Waals surface area contributed by atoms with E-state index in [4.69, 9.17) is 9.72 Å². The summed E-state index contributed by atoms with van der Waals surface area (Å²) in [6, 6.07) is 16.9. The van der Waals surface area contributed by atoms with Gasteiger partial charge in [-0.25, -0.2) is 9.78 Å². The van der Waals surface area contributed by atoms with E-state index < -0.39 is 6.09 Å². The van der Waals surface area contributed by atoms with Gasteiger partial charge in [-0.1, -0.05) is 18.2 Å². The molecule has 1 saturated heterocycles. The molecule has 2 heterocycles. The molecule has 1 N–H and O–H groups in total. The summed E-state index contributed by atoms with van der Waals surface area (Å²) in [7, 11) is 0. The number of hydrogen-bond acceptors (Lipinski definition) is 5. The number of ether oxygens (including phenoxy) is 1. The van der Waals surface area contributed by atoms with E-state index in [-0.39, 0.29) is 5.78 Å². The molecule has 3 aromatic rings. The summed E-state index contributed by atoms with van der Waals surface area (Å²) in [6.07, 6.45) is 6.47. The van der Waals surface area contributed by atoms with Gasteiger partial charge in [-0.05, 0) is 74.7 Å². The number of benzene rings is 2. The summed E-state index contributed by atoms with van der Waals surface area (Å²) < 4.78 is 4.86. The van der Waals surface area contributed by atoms with Crippen molar-refractivity contribution in [3.63, 3.8) is 0 Å². The van der Waals surface area contributed by atoms with Gasteiger partial charge in [0.25, 0.3) is 0 Å². The maximum atomic E-state index is 12.7. The number of hydrogen-bond donors (Lipinski definition) is 1. The average molecular weight is 430 g/mol. The zero-order valence-electron chi connectivity index (χ0n) is 18.2. The Morgan fingerprint density at radius 1 is 1.06 bits per heavy atom. The van der Waals surface area contributed by atoms with E-state index in [0.29, 0.717) is 17.9 Å². The van der Waals surface area contributed by atoms with Gasteiger partial charge in [-0.2, -0.15) is 0 Å². The molecule has 1 aliphatic rings. The van der Waals surface area contributed by atoms with Gasteiger partial charge in [0.15, 0.2) is 5.78 Å². The van der Waals surface area contributed by atoms with Crippen molar-refractivity contribution in [3.05, 3.63) is 71.9 Å². The molecule has 6 heteroatoms. The van der Waals surface area contributed by atoms with Crippen molar-refractivity contribution in [2.75, 3.05) is 29.9 Å². The van der Waals surface area contributed by atoms with Crippen molar-refractivity contribution in [2.24, 2.45) is 0 Å². The van der Waals surface area contributed by atoms with Crippen LogP contribution in [-0.2, 0) is 4.74 Å². The van der Waals surface area contributed by atoms with Gasteiger partial charge in [0, 0.05) is 35.4 Å². The summed E-state index contributed by atoms with van der Waals surface area (Å²) in [5.74, 6) is -0.123. The highest BCUT2D eigenvalue weighted by Gasteiger charge is 2.15. The number of aromatic nitrogens is 1. The molecule has 1 amide bonds. The number of rotatable bonds is 6. The Labute approximate surface area is 187 Å². The lowest BCUT2D eigenvalue weighted by Crippen LogP contribution is -2.29. The molecule has 164 valence electrons. The predicted octanol–water partition coefficient (Wildman–Crippen LogP) is 5.69. The molecular formula is C26H27N3O3. The number of pyridine rings is 1. The Morgan fingerprint density at radius 3 is 2.56 bits per heavy atom. The first-order chi connectivity index (χ1) is 15.6. The molecule has 0 saturated carbocycles. The summed E-state index contributed by atoms with van der Waals surface area (Å²) in [5, 5.41) is 3.76. The number of ketones is 1. The molecule has 1 aliphatic heterocycles. The second-order valence-corrected chi connectivity index (χ2v) is 7.75. The fourth-order valence-corrected chi connectivity index (χ4v) is 3.92. The monoisotopic (exact) mass is 429 g/mol. The van der Waals surface area contributed by atoms with Gasteiger partial charge >= 0.3 is 6.09 Å². The van der Waals surface area contributed by atoms with E-state index >= 15 is 0 Å². The minimum Gasteiger partial charge on any atom is -0.450 e. The van der Waals surface area contributed by atoms with Crippen LogP contribution in [0, 0.1) is 0 Å². The number of nitrogens with zero attached hydrogens (tertiary/aromatic N) is 2. The second kappa shape index (κ2) is 10.1. The summed E-state index contributed by atoms with van der Waals surface area (Å²) >= 11 is 0. The maximum absolute atomic E-state index is 12.7. The van der Waals surface area contributed by atoms with E-state index in [1.165, 1.54) is 24.9 Å². The second-order valence-electron chi connectivity index (χ2n) is 7.75. The summed E-state index contributed by atoms with van der Waals surface area (Å²) in [5.41, 5.74) is 3.98. The van der Waals surface area contributed by atoms with Crippen molar-refractivity contribution < 1.29 is 14.3 Å². The number of allylic oxidation sites excluding steroid dienone is 1. The van der Waals surface area contributed by atoms with Crippen molar-refractivity contribution in [3.8, 4) is 0 Å². The zero-order chi connectivity index (χ0) is 22.3. The van der Waals surface area contributed by atoms with Crippen molar-refractivity contribution in [1.29, 1.82) is 0 Å². The van der Waals surface area contributed by atoms with Gasteiger partial charge in [-0.15, -0.1) is 0 Å². The Morgan fingerprint density at radius 2 is 1.81 bits per heavy atom. The fraction of sp³-hybridized carbons (Fsp3) is 0.269. The smallest absolute Gasteiger partial charge is 0.411 e. The maximum Gasteiger partial charge on any atom is 0.411 e. The van der Waals surface area contributed by atoms with Crippen molar-refractivity contribution in [2.45, 2.75) is 26.2 Å². The summed E-state index contributed by atoms with van der Waals surface area (Å²) in [4.78, 5) is 31.3. The van der Waals surface area contributed by atoms with Crippen LogP contribution in [0.1, 0.15) is 42.2 Å². The van der Waals surface area contributed by atoms with Crippen LogP contribution < -0.4 is 10.2 Å². The van der Waals surface area contributed by atoms with Crippen LogP contribution in [0.3, 0.4) is 0 Å². The number of amides is 1. The van der Waals surface area contributed by atoms with Gasteiger partial charge < -0.3 is 9.64 Å². The molecule has 0 atom stereocenters. The van der Waals surface area contributed by atoms with Crippen molar-refractivity contribution >= 4 is 40.2 Å².